The van der Waals surface area contributed by atoms with Crippen LogP contribution in [0.1, 0.15) is 43.7 Å². The van der Waals surface area contributed by atoms with Crippen LogP contribution >= 0.6 is 11.3 Å². The Morgan fingerprint density at radius 3 is 2.38 bits per heavy atom. The first-order valence-electron chi connectivity index (χ1n) is 10.3. The first-order valence-corrected chi connectivity index (χ1v) is 11.2. The molecule has 1 heterocycles. The number of nitrogens with one attached hydrogen (secondary N) is 1. The molecule has 1 amide bonds. The number of rotatable bonds is 4. The smallest absolute Gasteiger partial charge is 0.251 e. The fourth-order valence-corrected chi connectivity index (χ4v) is 4.78. The van der Waals surface area contributed by atoms with Crippen LogP contribution < -0.4 is 5.32 Å². The Kier molecular flexibility index (Phi) is 5.31. The van der Waals surface area contributed by atoms with E-state index in [0.29, 0.717) is 11.1 Å². The maximum absolute atomic E-state index is 14.1. The Bertz CT molecular complexity index is 1310. The zero-order chi connectivity index (χ0) is 22.2. The van der Waals surface area contributed by atoms with Crippen molar-refractivity contribution in [2.75, 3.05) is 0 Å². The van der Waals surface area contributed by atoms with Crippen molar-refractivity contribution in [1.29, 1.82) is 0 Å². The fraction of sp³-hybridized carbons (Fsp3) is 0.154. The van der Waals surface area contributed by atoms with Gasteiger partial charge in [0.2, 0.25) is 0 Å². The highest BCUT2D eigenvalue weighted by Crippen LogP contribution is 2.32. The summed E-state index contributed by atoms with van der Waals surface area (Å²) in [6.07, 6.45) is 3.34. The molecule has 0 unspecified atom stereocenters. The number of hydrogen-bond acceptors (Lipinski definition) is 3. The van der Waals surface area contributed by atoms with Gasteiger partial charge < -0.3 is 5.32 Å². The number of amides is 1. The standard InChI is InChI=1S/C26H20F2N2OS/c1-15-8-23(27)22(24(28)9-15)14-30-25(31)18-4-2-16-10-17-3-5-19(26-29-6-7-32-26)12-21(17)13-20(16)11-18/h2-9,11-12H,10,13-14H2,1H3,(H,30,31). The zero-order valence-corrected chi connectivity index (χ0v) is 18.2. The second-order valence-corrected chi connectivity index (χ2v) is 8.94. The van der Waals surface area contributed by atoms with E-state index in [2.05, 4.69) is 28.5 Å². The molecule has 160 valence electrons. The van der Waals surface area contributed by atoms with Crippen LogP contribution in [-0.4, -0.2) is 10.9 Å². The van der Waals surface area contributed by atoms with Crippen molar-refractivity contribution in [3.05, 3.63) is 111 Å². The predicted molar refractivity (Wildman–Crippen MR) is 122 cm³/mol. The quantitative estimate of drug-likeness (QED) is 0.378. The van der Waals surface area contributed by atoms with Gasteiger partial charge in [0.1, 0.15) is 16.6 Å². The van der Waals surface area contributed by atoms with Crippen LogP contribution in [0.4, 0.5) is 8.78 Å². The largest absolute Gasteiger partial charge is 0.348 e. The molecule has 0 radical (unpaired) electrons. The third kappa shape index (κ3) is 3.94. The topological polar surface area (TPSA) is 42.0 Å². The minimum atomic E-state index is -0.652. The molecule has 1 aromatic heterocycles. The SMILES string of the molecule is Cc1cc(F)c(CNC(=O)c2ccc3c(c2)Cc2cc(-c4nccs4)ccc2C3)c(F)c1. The summed E-state index contributed by atoms with van der Waals surface area (Å²) in [4.78, 5) is 17.1. The van der Waals surface area contributed by atoms with Crippen molar-refractivity contribution in [3.63, 3.8) is 0 Å². The van der Waals surface area contributed by atoms with Gasteiger partial charge in [0.25, 0.3) is 5.91 Å². The van der Waals surface area contributed by atoms with Gasteiger partial charge in [-0.1, -0.05) is 18.2 Å². The van der Waals surface area contributed by atoms with E-state index in [1.54, 1.807) is 30.5 Å². The molecule has 0 spiro atoms. The monoisotopic (exact) mass is 446 g/mol. The highest BCUT2D eigenvalue weighted by Gasteiger charge is 2.19. The molecule has 1 aliphatic carbocycles. The van der Waals surface area contributed by atoms with Gasteiger partial charge in [-0.3, -0.25) is 4.79 Å². The summed E-state index contributed by atoms with van der Waals surface area (Å²) in [5.74, 6) is -1.66. The summed E-state index contributed by atoms with van der Waals surface area (Å²) in [7, 11) is 0. The van der Waals surface area contributed by atoms with E-state index < -0.39 is 11.6 Å². The molecule has 3 nitrogen and oxygen atoms in total. The van der Waals surface area contributed by atoms with Gasteiger partial charge in [-0.05, 0) is 77.9 Å². The van der Waals surface area contributed by atoms with E-state index in [1.807, 2.05) is 17.5 Å². The highest BCUT2D eigenvalue weighted by atomic mass is 32.1. The Balaban J connectivity index is 1.35. The molecule has 32 heavy (non-hydrogen) atoms. The predicted octanol–water partition coefficient (Wildman–Crippen LogP) is 5.82. The molecular formula is C26H20F2N2OS. The van der Waals surface area contributed by atoms with Gasteiger partial charge in [0.05, 0.1) is 0 Å². The average Bonchev–Trinajstić information content (AvgIpc) is 3.31. The molecule has 0 saturated carbocycles. The van der Waals surface area contributed by atoms with Gasteiger partial charge in [-0.15, -0.1) is 11.3 Å². The summed E-state index contributed by atoms with van der Waals surface area (Å²) in [6, 6.07) is 14.6. The average molecular weight is 447 g/mol. The van der Waals surface area contributed by atoms with Crippen molar-refractivity contribution in [2.45, 2.75) is 26.3 Å². The minimum Gasteiger partial charge on any atom is -0.348 e. The van der Waals surface area contributed by atoms with Crippen LogP contribution in [0.5, 0.6) is 0 Å². The third-order valence-corrected chi connectivity index (χ3v) is 6.65. The van der Waals surface area contributed by atoms with Crippen molar-refractivity contribution < 1.29 is 13.6 Å². The van der Waals surface area contributed by atoms with Crippen molar-refractivity contribution in [3.8, 4) is 10.6 Å². The molecule has 4 aromatic rings. The maximum atomic E-state index is 14.1. The summed E-state index contributed by atoms with van der Waals surface area (Å²) in [6.45, 7) is 1.42. The number of halogens is 2. The third-order valence-electron chi connectivity index (χ3n) is 5.83. The Hall–Kier alpha value is -3.38. The van der Waals surface area contributed by atoms with Crippen LogP contribution in [0, 0.1) is 18.6 Å². The number of fused-ring (bicyclic) bond motifs is 2. The summed E-state index contributed by atoms with van der Waals surface area (Å²) in [5.41, 5.74) is 6.73. The van der Waals surface area contributed by atoms with Crippen LogP contribution in [0.25, 0.3) is 10.6 Å². The van der Waals surface area contributed by atoms with E-state index in [9.17, 15) is 13.6 Å². The van der Waals surface area contributed by atoms with Gasteiger partial charge in [0, 0.05) is 34.8 Å². The van der Waals surface area contributed by atoms with E-state index in [0.717, 1.165) is 29.0 Å². The summed E-state index contributed by atoms with van der Waals surface area (Å²) < 4.78 is 28.1. The first-order chi connectivity index (χ1) is 15.5. The molecule has 1 aliphatic rings. The van der Waals surface area contributed by atoms with Crippen LogP contribution in [0.15, 0.2) is 60.1 Å². The molecule has 0 saturated heterocycles. The van der Waals surface area contributed by atoms with Crippen LogP contribution in [0.2, 0.25) is 0 Å². The van der Waals surface area contributed by atoms with Crippen molar-refractivity contribution in [1.82, 2.24) is 10.3 Å². The number of carbonyl (C=O) groups excluding carboxylic acids is 1. The maximum Gasteiger partial charge on any atom is 0.251 e. The summed E-state index contributed by atoms with van der Waals surface area (Å²) >= 11 is 1.61. The van der Waals surface area contributed by atoms with E-state index >= 15 is 0 Å². The lowest BCUT2D eigenvalue weighted by molar-refractivity contribution is 0.0950. The zero-order valence-electron chi connectivity index (χ0n) is 17.4. The molecular weight excluding hydrogens is 426 g/mol. The Morgan fingerprint density at radius 1 is 0.969 bits per heavy atom. The van der Waals surface area contributed by atoms with Gasteiger partial charge in [-0.2, -0.15) is 0 Å². The molecule has 3 aromatic carbocycles. The van der Waals surface area contributed by atoms with Gasteiger partial charge in [-0.25, -0.2) is 13.8 Å². The highest BCUT2D eigenvalue weighted by molar-refractivity contribution is 7.13. The minimum absolute atomic E-state index is 0.134. The van der Waals surface area contributed by atoms with E-state index in [-0.39, 0.29) is 18.0 Å². The molecule has 0 aliphatic heterocycles. The second-order valence-electron chi connectivity index (χ2n) is 8.05. The lowest BCUT2D eigenvalue weighted by atomic mass is 9.84. The molecule has 1 N–H and O–H groups in total. The lowest BCUT2D eigenvalue weighted by Crippen LogP contribution is -2.24. The second kappa shape index (κ2) is 8.28. The molecule has 0 bridgehead atoms. The molecule has 0 fully saturated rings. The van der Waals surface area contributed by atoms with Gasteiger partial charge >= 0.3 is 0 Å². The number of aromatic nitrogens is 1. The fourth-order valence-electron chi connectivity index (χ4n) is 4.15. The number of thiazole rings is 1. The van der Waals surface area contributed by atoms with Crippen molar-refractivity contribution in [2.24, 2.45) is 0 Å². The van der Waals surface area contributed by atoms with E-state index in [1.165, 1.54) is 28.8 Å². The molecule has 5 rings (SSSR count). The number of carbonyl (C=O) groups is 1. The van der Waals surface area contributed by atoms with E-state index in [4.69, 9.17) is 0 Å². The summed E-state index contributed by atoms with van der Waals surface area (Å²) in [5, 5.41) is 5.59. The van der Waals surface area contributed by atoms with Crippen LogP contribution in [0.3, 0.4) is 0 Å². The molecule has 6 heteroatoms. The molecule has 0 atom stereocenters. The lowest BCUT2D eigenvalue weighted by Gasteiger charge is -2.21. The van der Waals surface area contributed by atoms with Gasteiger partial charge in [0.15, 0.2) is 0 Å². The Morgan fingerprint density at radius 2 is 1.66 bits per heavy atom. The normalized spacial score (nSPS) is 12.2. The Labute approximate surface area is 188 Å². The van der Waals surface area contributed by atoms with Crippen molar-refractivity contribution >= 4 is 17.2 Å². The number of benzene rings is 3. The number of aryl methyl sites for hydroxylation is 1. The number of hydrogen-bond donors (Lipinski definition) is 1. The van der Waals surface area contributed by atoms with Crippen LogP contribution in [-0.2, 0) is 19.4 Å². The number of nitrogens with zero attached hydrogens (tertiary/aromatic N) is 1. The first kappa shape index (κ1) is 20.5.